The van der Waals surface area contributed by atoms with Crippen LogP contribution in [0.2, 0.25) is 0 Å². The lowest BCUT2D eigenvalue weighted by Gasteiger charge is -2.32. The third kappa shape index (κ3) is 8.30. The van der Waals surface area contributed by atoms with Crippen LogP contribution in [0.3, 0.4) is 0 Å². The molecule has 1 aliphatic heterocycles. The molecule has 0 radical (unpaired) electrons. The summed E-state index contributed by atoms with van der Waals surface area (Å²) in [5.74, 6) is 0.839. The molecule has 2 amide bonds. The van der Waals surface area contributed by atoms with Crippen molar-refractivity contribution >= 4 is 12.0 Å². The van der Waals surface area contributed by atoms with Crippen molar-refractivity contribution in [1.82, 2.24) is 9.80 Å². The van der Waals surface area contributed by atoms with Gasteiger partial charge in [-0.1, -0.05) is 42.0 Å². The second-order valence-corrected chi connectivity index (χ2v) is 10.7. The zero-order valence-corrected chi connectivity index (χ0v) is 22.0. The first kappa shape index (κ1) is 26.6. The van der Waals surface area contributed by atoms with Gasteiger partial charge in [0.15, 0.2) is 0 Å². The summed E-state index contributed by atoms with van der Waals surface area (Å²) < 4.78 is 11.4. The van der Waals surface area contributed by atoms with Gasteiger partial charge in [0.2, 0.25) is 5.91 Å². The number of benzene rings is 2. The lowest BCUT2D eigenvalue weighted by molar-refractivity contribution is -0.131. The highest BCUT2D eigenvalue weighted by atomic mass is 16.6. The van der Waals surface area contributed by atoms with Crippen LogP contribution in [-0.4, -0.2) is 52.6 Å². The van der Waals surface area contributed by atoms with E-state index >= 15 is 0 Å². The standard InChI is InChI=1S/C29H40N2O4/c1-21(2)34-26-15-13-23(14-16-26)18-27(32)30(19-24-11-9-22(3)10-12-24)20-25-8-7-17-31(25)28(33)35-29(4,5)6/h9-16,21,25H,7-8,17-20H2,1-6H3/t25-/m1/s1. The highest BCUT2D eigenvalue weighted by Crippen LogP contribution is 2.23. The van der Waals surface area contributed by atoms with Gasteiger partial charge in [0.1, 0.15) is 11.4 Å². The first-order chi connectivity index (χ1) is 16.5. The van der Waals surface area contributed by atoms with Gasteiger partial charge in [0, 0.05) is 19.6 Å². The highest BCUT2D eigenvalue weighted by molar-refractivity contribution is 5.79. The number of hydrogen-bond donors (Lipinski definition) is 0. The summed E-state index contributed by atoms with van der Waals surface area (Å²) in [6.45, 7) is 13.3. The molecule has 1 heterocycles. The molecule has 2 aromatic rings. The van der Waals surface area contributed by atoms with Crippen LogP contribution < -0.4 is 4.74 Å². The number of aryl methyl sites for hydroxylation is 1. The van der Waals surface area contributed by atoms with E-state index in [1.807, 2.05) is 63.8 Å². The number of amides is 2. The smallest absolute Gasteiger partial charge is 0.410 e. The van der Waals surface area contributed by atoms with Crippen LogP contribution in [0, 0.1) is 6.92 Å². The van der Waals surface area contributed by atoms with E-state index in [1.165, 1.54) is 5.56 Å². The topological polar surface area (TPSA) is 59.1 Å². The number of rotatable bonds is 8. The molecule has 0 bridgehead atoms. The fourth-order valence-electron chi connectivity index (χ4n) is 4.25. The van der Waals surface area contributed by atoms with E-state index < -0.39 is 5.60 Å². The van der Waals surface area contributed by atoms with Crippen LogP contribution in [0.4, 0.5) is 4.79 Å². The monoisotopic (exact) mass is 480 g/mol. The second-order valence-electron chi connectivity index (χ2n) is 10.7. The van der Waals surface area contributed by atoms with Gasteiger partial charge in [-0.05, 0) is 77.6 Å². The Balaban J connectivity index is 1.74. The zero-order valence-electron chi connectivity index (χ0n) is 22.0. The van der Waals surface area contributed by atoms with Crippen LogP contribution in [0.5, 0.6) is 5.75 Å². The average Bonchev–Trinajstić information content (AvgIpc) is 3.23. The maximum absolute atomic E-state index is 13.5. The fraction of sp³-hybridized carbons (Fsp3) is 0.517. The van der Waals surface area contributed by atoms with E-state index in [1.54, 1.807) is 4.90 Å². The van der Waals surface area contributed by atoms with E-state index in [9.17, 15) is 9.59 Å². The van der Waals surface area contributed by atoms with Gasteiger partial charge >= 0.3 is 6.09 Å². The van der Waals surface area contributed by atoms with Crippen molar-refractivity contribution < 1.29 is 19.1 Å². The van der Waals surface area contributed by atoms with Crippen molar-refractivity contribution in [2.24, 2.45) is 0 Å². The normalized spacial score (nSPS) is 15.9. The van der Waals surface area contributed by atoms with Crippen molar-refractivity contribution in [2.45, 2.75) is 85.1 Å². The number of carbonyl (C=O) groups excluding carboxylic acids is 2. The predicted octanol–water partition coefficient (Wildman–Crippen LogP) is 5.75. The van der Waals surface area contributed by atoms with E-state index in [0.717, 1.165) is 29.7 Å². The van der Waals surface area contributed by atoms with E-state index in [4.69, 9.17) is 9.47 Å². The third-order valence-electron chi connectivity index (χ3n) is 5.93. The Morgan fingerprint density at radius 2 is 1.66 bits per heavy atom. The highest BCUT2D eigenvalue weighted by Gasteiger charge is 2.34. The molecule has 6 nitrogen and oxygen atoms in total. The maximum Gasteiger partial charge on any atom is 0.410 e. The molecule has 0 saturated carbocycles. The lowest BCUT2D eigenvalue weighted by atomic mass is 10.1. The molecule has 190 valence electrons. The summed E-state index contributed by atoms with van der Waals surface area (Å²) in [5, 5.41) is 0. The molecule has 0 spiro atoms. The summed E-state index contributed by atoms with van der Waals surface area (Å²) in [6.07, 6.45) is 1.87. The molecule has 1 aliphatic rings. The molecule has 0 N–H and O–H groups in total. The minimum atomic E-state index is -0.549. The second kappa shape index (κ2) is 11.6. The number of hydrogen-bond acceptors (Lipinski definition) is 4. The molecule has 3 rings (SSSR count). The summed E-state index contributed by atoms with van der Waals surface area (Å²) in [6, 6.07) is 15.9. The predicted molar refractivity (Wildman–Crippen MR) is 138 cm³/mol. The fourth-order valence-corrected chi connectivity index (χ4v) is 4.25. The van der Waals surface area contributed by atoms with Gasteiger partial charge in [0.25, 0.3) is 0 Å². The summed E-state index contributed by atoms with van der Waals surface area (Å²) >= 11 is 0. The third-order valence-corrected chi connectivity index (χ3v) is 5.93. The Morgan fingerprint density at radius 3 is 2.26 bits per heavy atom. The van der Waals surface area contributed by atoms with E-state index in [-0.39, 0.29) is 24.1 Å². The van der Waals surface area contributed by atoms with Crippen LogP contribution in [0.25, 0.3) is 0 Å². The molecule has 0 aliphatic carbocycles. The number of ether oxygens (including phenoxy) is 2. The van der Waals surface area contributed by atoms with Crippen molar-refractivity contribution in [3.05, 3.63) is 65.2 Å². The van der Waals surface area contributed by atoms with Crippen molar-refractivity contribution in [2.75, 3.05) is 13.1 Å². The summed E-state index contributed by atoms with van der Waals surface area (Å²) in [4.78, 5) is 30.0. The van der Waals surface area contributed by atoms with E-state index in [0.29, 0.717) is 26.1 Å². The first-order valence-corrected chi connectivity index (χ1v) is 12.6. The largest absolute Gasteiger partial charge is 0.491 e. The Morgan fingerprint density at radius 1 is 1.03 bits per heavy atom. The van der Waals surface area contributed by atoms with Gasteiger partial charge in [-0.2, -0.15) is 0 Å². The van der Waals surface area contributed by atoms with Gasteiger partial charge in [0.05, 0.1) is 18.6 Å². The molecular weight excluding hydrogens is 440 g/mol. The van der Waals surface area contributed by atoms with Crippen LogP contribution in [0.1, 0.15) is 64.2 Å². The molecule has 2 aromatic carbocycles. The molecule has 0 unspecified atom stereocenters. The number of nitrogens with zero attached hydrogens (tertiary/aromatic N) is 2. The Bertz CT molecular complexity index is 977. The minimum absolute atomic E-state index is 0.0409. The lowest BCUT2D eigenvalue weighted by Crippen LogP contribution is -2.46. The Kier molecular flexibility index (Phi) is 8.82. The van der Waals surface area contributed by atoms with Crippen molar-refractivity contribution in [3.8, 4) is 5.75 Å². The average molecular weight is 481 g/mol. The van der Waals surface area contributed by atoms with Gasteiger partial charge in [-0.25, -0.2) is 4.79 Å². The summed E-state index contributed by atoms with van der Waals surface area (Å²) in [5.41, 5.74) is 2.65. The summed E-state index contributed by atoms with van der Waals surface area (Å²) in [7, 11) is 0. The number of carbonyl (C=O) groups is 2. The van der Waals surface area contributed by atoms with Gasteiger partial charge in [-0.3, -0.25) is 4.79 Å². The molecular formula is C29H40N2O4. The van der Waals surface area contributed by atoms with Crippen LogP contribution in [0.15, 0.2) is 48.5 Å². The Labute approximate surface area is 210 Å². The molecule has 6 heteroatoms. The molecule has 0 aromatic heterocycles. The van der Waals surface area contributed by atoms with E-state index in [2.05, 4.69) is 31.2 Å². The minimum Gasteiger partial charge on any atom is -0.491 e. The quantitative estimate of drug-likeness (QED) is 0.482. The maximum atomic E-state index is 13.5. The van der Waals surface area contributed by atoms with Gasteiger partial charge < -0.3 is 19.3 Å². The van der Waals surface area contributed by atoms with Gasteiger partial charge in [-0.15, -0.1) is 0 Å². The van der Waals surface area contributed by atoms with Crippen molar-refractivity contribution in [3.63, 3.8) is 0 Å². The molecule has 1 fully saturated rings. The SMILES string of the molecule is Cc1ccc(CN(C[C@H]2CCCN2C(=O)OC(C)(C)C)C(=O)Cc2ccc(OC(C)C)cc2)cc1. The first-order valence-electron chi connectivity index (χ1n) is 12.6. The number of likely N-dealkylation sites (tertiary alicyclic amines) is 1. The molecule has 35 heavy (non-hydrogen) atoms. The molecule has 1 saturated heterocycles. The van der Waals surface area contributed by atoms with Crippen LogP contribution >= 0.6 is 0 Å². The molecule has 1 atom stereocenters. The zero-order chi connectivity index (χ0) is 25.6. The van der Waals surface area contributed by atoms with Crippen LogP contribution in [-0.2, 0) is 22.5 Å². The van der Waals surface area contributed by atoms with Crippen molar-refractivity contribution in [1.29, 1.82) is 0 Å². The Hall–Kier alpha value is -3.02.